The zero-order chi connectivity index (χ0) is 14.0. The Morgan fingerprint density at radius 1 is 1.25 bits per heavy atom. The van der Waals surface area contributed by atoms with Gasteiger partial charge in [0, 0.05) is 24.7 Å². The van der Waals surface area contributed by atoms with Gasteiger partial charge >= 0.3 is 0 Å². The first-order chi connectivity index (χ1) is 9.88. The molecule has 108 valence electrons. The minimum absolute atomic E-state index is 0.592. The number of nitrogens with one attached hydrogen (secondary N) is 1. The summed E-state index contributed by atoms with van der Waals surface area (Å²) in [6, 6.07) is 10.7. The van der Waals surface area contributed by atoms with Crippen molar-refractivity contribution in [1.29, 1.82) is 0 Å². The van der Waals surface area contributed by atoms with Crippen LogP contribution in [0.1, 0.15) is 10.4 Å². The van der Waals surface area contributed by atoms with Crippen LogP contribution in [0.25, 0.3) is 0 Å². The predicted molar refractivity (Wildman–Crippen MR) is 84.2 cm³/mol. The molecule has 0 saturated heterocycles. The Hall–Kier alpha value is -1.23. The summed E-state index contributed by atoms with van der Waals surface area (Å²) in [5.74, 6) is 0.592. The zero-order valence-corrected chi connectivity index (χ0v) is 12.7. The predicted octanol–water partition coefficient (Wildman–Crippen LogP) is 2.78. The van der Waals surface area contributed by atoms with Gasteiger partial charge in [-0.25, -0.2) is 0 Å². The van der Waals surface area contributed by atoms with Gasteiger partial charge < -0.3 is 10.1 Å². The highest BCUT2D eigenvalue weighted by Crippen LogP contribution is 2.16. The maximum absolute atomic E-state index is 5.08. The lowest BCUT2D eigenvalue weighted by Gasteiger charge is -2.17. The Balaban J connectivity index is 1.89. The van der Waals surface area contributed by atoms with Crippen LogP contribution in [0.3, 0.4) is 0 Å². The number of methoxy groups -OCH3 is 1. The molecule has 0 aliphatic rings. The summed E-state index contributed by atoms with van der Waals surface area (Å²) >= 11 is 1.74. The average Bonchev–Trinajstić information content (AvgIpc) is 2.97. The second kappa shape index (κ2) is 8.84. The first-order valence-corrected chi connectivity index (χ1v) is 7.87. The standard InChI is InChI=1S/C16H22N2OS/c1-19-8-7-17-11-15(10-16-12-18-13-20-16)9-14-5-3-2-4-6-14/h2-6,12-13,15,17H,7-11H2,1H3. The molecule has 1 unspecified atom stereocenters. The molecule has 2 aromatic rings. The van der Waals surface area contributed by atoms with E-state index in [4.69, 9.17) is 4.74 Å². The topological polar surface area (TPSA) is 34.1 Å². The Morgan fingerprint density at radius 2 is 2.10 bits per heavy atom. The van der Waals surface area contributed by atoms with E-state index < -0.39 is 0 Å². The SMILES string of the molecule is COCCNCC(Cc1ccccc1)Cc1cncs1. The minimum atomic E-state index is 0.592. The van der Waals surface area contributed by atoms with E-state index in [9.17, 15) is 0 Å². The van der Waals surface area contributed by atoms with Crippen molar-refractivity contribution in [2.45, 2.75) is 12.8 Å². The Kier molecular flexibility index (Phi) is 6.71. The number of benzene rings is 1. The Bertz CT molecular complexity index is 459. The summed E-state index contributed by atoms with van der Waals surface area (Å²) in [6.07, 6.45) is 4.16. The number of nitrogens with zero attached hydrogens (tertiary/aromatic N) is 1. The largest absolute Gasteiger partial charge is 0.383 e. The molecule has 0 aliphatic carbocycles. The van der Waals surface area contributed by atoms with Gasteiger partial charge in [-0.05, 0) is 30.9 Å². The van der Waals surface area contributed by atoms with Gasteiger partial charge in [-0.15, -0.1) is 11.3 Å². The summed E-state index contributed by atoms with van der Waals surface area (Å²) in [4.78, 5) is 5.53. The number of thiazole rings is 1. The van der Waals surface area contributed by atoms with Gasteiger partial charge in [0.2, 0.25) is 0 Å². The number of hydrogen-bond acceptors (Lipinski definition) is 4. The van der Waals surface area contributed by atoms with Crippen LogP contribution < -0.4 is 5.32 Å². The summed E-state index contributed by atoms with van der Waals surface area (Å²) in [7, 11) is 1.74. The molecule has 1 heterocycles. The van der Waals surface area contributed by atoms with Gasteiger partial charge in [-0.3, -0.25) is 4.98 Å². The van der Waals surface area contributed by atoms with Crippen molar-refractivity contribution in [2.75, 3.05) is 26.8 Å². The molecule has 20 heavy (non-hydrogen) atoms. The van der Waals surface area contributed by atoms with Gasteiger partial charge in [0.25, 0.3) is 0 Å². The van der Waals surface area contributed by atoms with Crippen LogP contribution in [0.4, 0.5) is 0 Å². The smallest absolute Gasteiger partial charge is 0.0794 e. The van der Waals surface area contributed by atoms with Crippen molar-refractivity contribution < 1.29 is 4.74 Å². The summed E-state index contributed by atoms with van der Waals surface area (Å²) in [5.41, 5.74) is 3.31. The van der Waals surface area contributed by atoms with Crippen molar-refractivity contribution in [2.24, 2.45) is 5.92 Å². The van der Waals surface area contributed by atoms with Crippen LogP contribution >= 0.6 is 11.3 Å². The maximum Gasteiger partial charge on any atom is 0.0794 e. The Labute approximate surface area is 125 Å². The maximum atomic E-state index is 5.08. The molecule has 2 rings (SSSR count). The lowest BCUT2D eigenvalue weighted by Crippen LogP contribution is -2.28. The molecule has 1 atom stereocenters. The molecular weight excluding hydrogens is 268 g/mol. The lowest BCUT2D eigenvalue weighted by atomic mass is 9.95. The summed E-state index contributed by atoms with van der Waals surface area (Å²) in [5, 5.41) is 3.48. The molecule has 0 spiro atoms. The fourth-order valence-corrected chi connectivity index (χ4v) is 2.98. The van der Waals surface area contributed by atoms with Crippen LogP contribution in [-0.2, 0) is 17.6 Å². The number of ether oxygens (including phenoxy) is 1. The molecule has 0 fully saturated rings. The normalized spacial score (nSPS) is 12.4. The van der Waals surface area contributed by atoms with Crippen molar-refractivity contribution >= 4 is 11.3 Å². The third-order valence-corrected chi connectivity index (χ3v) is 4.06. The molecule has 0 radical (unpaired) electrons. The van der Waals surface area contributed by atoms with Crippen molar-refractivity contribution in [1.82, 2.24) is 10.3 Å². The van der Waals surface area contributed by atoms with Crippen molar-refractivity contribution in [3.63, 3.8) is 0 Å². The van der Waals surface area contributed by atoms with E-state index in [1.54, 1.807) is 18.4 Å². The van der Waals surface area contributed by atoms with E-state index in [0.717, 1.165) is 32.5 Å². The molecule has 3 nitrogen and oxygen atoms in total. The molecule has 0 amide bonds. The van der Waals surface area contributed by atoms with E-state index in [0.29, 0.717) is 5.92 Å². The molecule has 0 bridgehead atoms. The average molecular weight is 290 g/mol. The highest BCUT2D eigenvalue weighted by molar-refractivity contribution is 7.09. The van der Waals surface area contributed by atoms with Gasteiger partial charge in [0.15, 0.2) is 0 Å². The number of rotatable bonds is 9. The van der Waals surface area contributed by atoms with Crippen molar-refractivity contribution in [3.8, 4) is 0 Å². The third-order valence-electron chi connectivity index (χ3n) is 3.26. The molecule has 1 aromatic heterocycles. The quantitative estimate of drug-likeness (QED) is 0.721. The molecule has 1 aromatic carbocycles. The van der Waals surface area contributed by atoms with E-state index in [1.165, 1.54) is 10.4 Å². The van der Waals surface area contributed by atoms with Gasteiger partial charge in [-0.1, -0.05) is 30.3 Å². The summed E-state index contributed by atoms with van der Waals surface area (Å²) in [6.45, 7) is 2.68. The van der Waals surface area contributed by atoms with E-state index >= 15 is 0 Å². The van der Waals surface area contributed by atoms with E-state index in [1.807, 2.05) is 11.7 Å². The van der Waals surface area contributed by atoms with E-state index in [2.05, 4.69) is 40.6 Å². The molecule has 0 aliphatic heterocycles. The van der Waals surface area contributed by atoms with Crippen LogP contribution in [0.15, 0.2) is 42.0 Å². The van der Waals surface area contributed by atoms with Crippen LogP contribution in [0.2, 0.25) is 0 Å². The highest BCUT2D eigenvalue weighted by atomic mass is 32.1. The summed E-state index contributed by atoms with van der Waals surface area (Å²) < 4.78 is 5.08. The molecular formula is C16H22N2OS. The number of hydrogen-bond donors (Lipinski definition) is 1. The van der Waals surface area contributed by atoms with Gasteiger partial charge in [0.05, 0.1) is 12.1 Å². The van der Waals surface area contributed by atoms with Crippen LogP contribution in [-0.4, -0.2) is 31.8 Å². The fourth-order valence-electron chi connectivity index (χ4n) is 2.27. The molecule has 1 N–H and O–H groups in total. The van der Waals surface area contributed by atoms with Gasteiger partial charge in [0.1, 0.15) is 0 Å². The zero-order valence-electron chi connectivity index (χ0n) is 11.9. The monoisotopic (exact) mass is 290 g/mol. The van der Waals surface area contributed by atoms with Crippen molar-refractivity contribution in [3.05, 3.63) is 52.5 Å². The first-order valence-electron chi connectivity index (χ1n) is 6.99. The third kappa shape index (κ3) is 5.41. The Morgan fingerprint density at radius 3 is 2.80 bits per heavy atom. The lowest BCUT2D eigenvalue weighted by molar-refractivity contribution is 0.197. The second-order valence-electron chi connectivity index (χ2n) is 4.92. The first kappa shape index (κ1) is 15.2. The van der Waals surface area contributed by atoms with Gasteiger partial charge in [-0.2, -0.15) is 0 Å². The van der Waals surface area contributed by atoms with Crippen LogP contribution in [0, 0.1) is 5.92 Å². The highest BCUT2D eigenvalue weighted by Gasteiger charge is 2.11. The van der Waals surface area contributed by atoms with Crippen LogP contribution in [0.5, 0.6) is 0 Å². The molecule has 4 heteroatoms. The van der Waals surface area contributed by atoms with E-state index in [-0.39, 0.29) is 0 Å². The fraction of sp³-hybridized carbons (Fsp3) is 0.438. The number of aromatic nitrogens is 1. The molecule has 0 saturated carbocycles. The second-order valence-corrected chi connectivity index (χ2v) is 5.90. The minimum Gasteiger partial charge on any atom is -0.383 e.